The minimum Gasteiger partial charge on any atom is -0.207 e. The number of sulfonamides is 1. The van der Waals surface area contributed by atoms with E-state index < -0.39 is 10.0 Å². The van der Waals surface area contributed by atoms with Crippen molar-refractivity contribution in [3.05, 3.63) is 42.5 Å². The summed E-state index contributed by atoms with van der Waals surface area (Å²) < 4.78 is 27.4. The molecule has 2 aromatic carbocycles. The van der Waals surface area contributed by atoms with Crippen molar-refractivity contribution in [1.82, 2.24) is 4.31 Å². The second kappa shape index (κ2) is 6.69. The normalized spacial score (nSPS) is 12.5. The maximum atomic E-state index is 13.0. The van der Waals surface area contributed by atoms with E-state index in [-0.39, 0.29) is 23.3 Å². The van der Waals surface area contributed by atoms with Crippen LogP contribution in [0, 0.1) is 16.7 Å². The Morgan fingerprint density at radius 3 is 2.35 bits per heavy atom. The standard InChI is InChI=1S/C18H22N2O2S/c1-18(2,3)14-20(12-6-11-19)23(21,22)17-10-9-15-7-4-5-8-16(15)13-17/h4-5,7-10,13H,6,12,14H2,1-3H3. The van der Waals surface area contributed by atoms with Crippen molar-refractivity contribution in [2.45, 2.75) is 32.1 Å². The highest BCUT2D eigenvalue weighted by Crippen LogP contribution is 2.25. The van der Waals surface area contributed by atoms with E-state index in [2.05, 4.69) is 0 Å². The Hall–Kier alpha value is -1.90. The molecule has 0 aromatic heterocycles. The zero-order valence-electron chi connectivity index (χ0n) is 13.8. The van der Waals surface area contributed by atoms with Gasteiger partial charge in [-0.05, 0) is 28.3 Å². The molecule has 0 spiro atoms. The third-order valence-corrected chi connectivity index (χ3v) is 5.32. The Bertz CT molecular complexity index is 830. The molecule has 0 aliphatic rings. The van der Waals surface area contributed by atoms with Crippen LogP contribution in [-0.4, -0.2) is 25.8 Å². The highest BCUT2D eigenvalue weighted by molar-refractivity contribution is 7.89. The SMILES string of the molecule is CC(C)(C)CN(CCC#N)S(=O)(=O)c1ccc2ccccc2c1. The first-order valence-corrected chi connectivity index (χ1v) is 9.04. The number of hydrogen-bond acceptors (Lipinski definition) is 3. The van der Waals surface area contributed by atoms with Gasteiger partial charge in [0.1, 0.15) is 0 Å². The molecule has 0 radical (unpaired) electrons. The van der Waals surface area contributed by atoms with Crippen LogP contribution in [0.15, 0.2) is 47.4 Å². The van der Waals surface area contributed by atoms with Crippen molar-refractivity contribution in [2.75, 3.05) is 13.1 Å². The lowest BCUT2D eigenvalue weighted by Gasteiger charge is -2.28. The molecule has 0 unspecified atom stereocenters. The minimum absolute atomic E-state index is 0.181. The molecule has 0 saturated carbocycles. The molecule has 4 nitrogen and oxygen atoms in total. The Morgan fingerprint density at radius 1 is 1.09 bits per heavy atom. The fourth-order valence-corrected chi connectivity index (χ4v) is 4.17. The van der Waals surface area contributed by atoms with Crippen molar-refractivity contribution in [2.24, 2.45) is 5.41 Å². The number of fused-ring (bicyclic) bond motifs is 1. The van der Waals surface area contributed by atoms with Crippen molar-refractivity contribution in [3.63, 3.8) is 0 Å². The molecule has 0 heterocycles. The molecule has 0 aliphatic heterocycles. The van der Waals surface area contributed by atoms with Crippen molar-refractivity contribution in [1.29, 1.82) is 5.26 Å². The summed E-state index contributed by atoms with van der Waals surface area (Å²) in [6.45, 7) is 6.56. The fraction of sp³-hybridized carbons (Fsp3) is 0.389. The van der Waals surface area contributed by atoms with Gasteiger partial charge in [0, 0.05) is 19.5 Å². The van der Waals surface area contributed by atoms with Gasteiger partial charge in [-0.3, -0.25) is 0 Å². The third-order valence-electron chi connectivity index (χ3n) is 3.48. The van der Waals surface area contributed by atoms with Crippen LogP contribution in [0.4, 0.5) is 0 Å². The maximum absolute atomic E-state index is 13.0. The smallest absolute Gasteiger partial charge is 0.207 e. The first-order valence-electron chi connectivity index (χ1n) is 7.60. The van der Waals surface area contributed by atoms with E-state index >= 15 is 0 Å². The number of hydrogen-bond donors (Lipinski definition) is 0. The lowest BCUT2D eigenvalue weighted by molar-refractivity contribution is 0.285. The van der Waals surface area contributed by atoms with Crippen LogP contribution < -0.4 is 0 Å². The lowest BCUT2D eigenvalue weighted by atomic mass is 9.97. The van der Waals surface area contributed by atoms with E-state index in [1.807, 2.05) is 57.2 Å². The summed E-state index contributed by atoms with van der Waals surface area (Å²) in [6, 6.07) is 14.9. The van der Waals surface area contributed by atoms with Gasteiger partial charge in [0.15, 0.2) is 0 Å². The predicted molar refractivity (Wildman–Crippen MR) is 92.4 cm³/mol. The average molecular weight is 330 g/mol. The van der Waals surface area contributed by atoms with E-state index in [1.54, 1.807) is 12.1 Å². The Morgan fingerprint density at radius 2 is 1.74 bits per heavy atom. The zero-order chi connectivity index (χ0) is 17.1. The van der Waals surface area contributed by atoms with Crippen molar-refractivity contribution < 1.29 is 8.42 Å². The van der Waals surface area contributed by atoms with Gasteiger partial charge in [0.25, 0.3) is 0 Å². The van der Waals surface area contributed by atoms with E-state index in [0.717, 1.165) is 10.8 Å². The van der Waals surface area contributed by atoms with Gasteiger partial charge in [0.05, 0.1) is 11.0 Å². The topological polar surface area (TPSA) is 61.2 Å². The summed E-state index contributed by atoms with van der Waals surface area (Å²) >= 11 is 0. The van der Waals surface area contributed by atoms with Crippen LogP contribution in [0.2, 0.25) is 0 Å². The molecule has 0 saturated heterocycles. The molecule has 2 aromatic rings. The van der Waals surface area contributed by atoms with Gasteiger partial charge in [0.2, 0.25) is 10.0 Å². The van der Waals surface area contributed by atoms with Gasteiger partial charge in [-0.2, -0.15) is 9.57 Å². The molecular weight excluding hydrogens is 308 g/mol. The van der Waals surface area contributed by atoms with Crippen LogP contribution in [0.3, 0.4) is 0 Å². The Labute approximate surface area is 138 Å². The number of nitrogens with zero attached hydrogens (tertiary/aromatic N) is 2. The number of nitriles is 1. The van der Waals surface area contributed by atoms with Crippen molar-refractivity contribution >= 4 is 20.8 Å². The molecular formula is C18H22N2O2S. The van der Waals surface area contributed by atoms with Gasteiger partial charge >= 0.3 is 0 Å². The summed E-state index contributed by atoms with van der Waals surface area (Å²) in [5.74, 6) is 0. The summed E-state index contributed by atoms with van der Waals surface area (Å²) in [5, 5.41) is 10.7. The van der Waals surface area contributed by atoms with E-state index in [4.69, 9.17) is 5.26 Å². The fourth-order valence-electron chi connectivity index (χ4n) is 2.46. The summed E-state index contributed by atoms with van der Waals surface area (Å²) in [4.78, 5) is 0.276. The predicted octanol–water partition coefficient (Wildman–Crippen LogP) is 3.79. The average Bonchev–Trinajstić information content (AvgIpc) is 2.49. The summed E-state index contributed by atoms with van der Waals surface area (Å²) in [5.41, 5.74) is -0.181. The van der Waals surface area contributed by atoms with Crippen LogP contribution in [-0.2, 0) is 10.0 Å². The molecule has 23 heavy (non-hydrogen) atoms. The second-order valence-electron chi connectivity index (χ2n) is 6.82. The monoisotopic (exact) mass is 330 g/mol. The van der Waals surface area contributed by atoms with Crippen LogP contribution in [0.5, 0.6) is 0 Å². The maximum Gasteiger partial charge on any atom is 0.243 e. The van der Waals surface area contributed by atoms with E-state index in [1.165, 1.54) is 4.31 Å². The molecule has 0 atom stereocenters. The van der Waals surface area contributed by atoms with Crippen LogP contribution in [0.1, 0.15) is 27.2 Å². The molecule has 0 aliphatic carbocycles. The highest BCUT2D eigenvalue weighted by Gasteiger charge is 2.28. The first-order chi connectivity index (χ1) is 10.7. The Balaban J connectivity index is 2.43. The third kappa shape index (κ3) is 4.31. The zero-order valence-corrected chi connectivity index (χ0v) is 14.6. The van der Waals surface area contributed by atoms with Crippen LogP contribution in [0.25, 0.3) is 10.8 Å². The van der Waals surface area contributed by atoms with Crippen LogP contribution >= 0.6 is 0 Å². The Kier molecular flexibility index (Phi) is 5.08. The number of benzene rings is 2. The molecule has 0 fully saturated rings. The minimum atomic E-state index is -3.62. The van der Waals surface area contributed by atoms with E-state index in [9.17, 15) is 8.42 Å². The quantitative estimate of drug-likeness (QED) is 0.838. The largest absolute Gasteiger partial charge is 0.243 e. The molecule has 5 heteroatoms. The summed E-state index contributed by atoms with van der Waals surface area (Å²) in [7, 11) is -3.62. The number of rotatable bonds is 5. The summed E-state index contributed by atoms with van der Waals surface area (Å²) in [6.07, 6.45) is 0.183. The second-order valence-corrected chi connectivity index (χ2v) is 8.75. The lowest BCUT2D eigenvalue weighted by Crippen LogP contribution is -2.38. The molecule has 2 rings (SSSR count). The van der Waals surface area contributed by atoms with Gasteiger partial charge in [-0.25, -0.2) is 8.42 Å². The van der Waals surface area contributed by atoms with Gasteiger partial charge < -0.3 is 0 Å². The van der Waals surface area contributed by atoms with Gasteiger partial charge in [-0.1, -0.05) is 51.1 Å². The molecule has 122 valence electrons. The molecule has 0 N–H and O–H groups in total. The first kappa shape index (κ1) is 17.5. The van der Waals surface area contributed by atoms with Crippen molar-refractivity contribution in [3.8, 4) is 6.07 Å². The molecule has 0 bridgehead atoms. The van der Waals surface area contributed by atoms with E-state index in [0.29, 0.717) is 6.54 Å². The molecule has 0 amide bonds. The van der Waals surface area contributed by atoms with Gasteiger partial charge in [-0.15, -0.1) is 0 Å². The highest BCUT2D eigenvalue weighted by atomic mass is 32.2.